The number of nitrogen functional groups attached to an aromatic ring is 1. The smallest absolute Gasteiger partial charge is 0.405 e. The topological polar surface area (TPSA) is 73.1 Å². The first-order valence-electron chi connectivity index (χ1n) is 5.35. The Kier molecular flexibility index (Phi) is 4.43. The van der Waals surface area contributed by atoms with Crippen LogP contribution < -0.4 is 15.8 Å². The van der Waals surface area contributed by atoms with Gasteiger partial charge in [0.25, 0.3) is 0 Å². The molecule has 1 aromatic carbocycles. The second-order valence-electron chi connectivity index (χ2n) is 3.76. The Morgan fingerprint density at radius 2 is 2.05 bits per heavy atom. The van der Waals surface area contributed by atoms with E-state index in [9.17, 15) is 13.2 Å². The molecular formula is C11H7BrClF3N4O. The molecule has 0 fully saturated rings. The molecule has 2 aromatic rings. The van der Waals surface area contributed by atoms with E-state index in [1.54, 1.807) is 0 Å². The van der Waals surface area contributed by atoms with Gasteiger partial charge in [-0.15, -0.1) is 13.2 Å². The molecule has 112 valence electrons. The Morgan fingerprint density at radius 1 is 1.33 bits per heavy atom. The molecule has 0 aliphatic rings. The summed E-state index contributed by atoms with van der Waals surface area (Å²) in [7, 11) is 0. The molecule has 10 heteroatoms. The fourth-order valence-electron chi connectivity index (χ4n) is 1.39. The van der Waals surface area contributed by atoms with Gasteiger partial charge in [0.15, 0.2) is 5.82 Å². The highest BCUT2D eigenvalue weighted by Gasteiger charge is 2.31. The second kappa shape index (κ2) is 5.94. The summed E-state index contributed by atoms with van der Waals surface area (Å²) in [6, 6.07) is 3.91. The maximum atomic E-state index is 12.2. The van der Waals surface area contributed by atoms with Crippen LogP contribution >= 0.6 is 27.5 Å². The van der Waals surface area contributed by atoms with Crippen LogP contribution in [0.5, 0.6) is 5.75 Å². The van der Waals surface area contributed by atoms with E-state index in [0.717, 1.165) is 6.07 Å². The average Bonchev–Trinajstić information content (AvgIpc) is 2.36. The van der Waals surface area contributed by atoms with Gasteiger partial charge in [0, 0.05) is 5.69 Å². The molecule has 0 bridgehead atoms. The van der Waals surface area contributed by atoms with Crippen LogP contribution in [-0.4, -0.2) is 16.3 Å². The predicted molar refractivity (Wildman–Crippen MR) is 75.6 cm³/mol. The third-order valence-electron chi connectivity index (χ3n) is 2.21. The van der Waals surface area contributed by atoms with Crippen molar-refractivity contribution in [2.45, 2.75) is 6.36 Å². The zero-order valence-corrected chi connectivity index (χ0v) is 12.4. The van der Waals surface area contributed by atoms with Crippen LogP contribution in [0.2, 0.25) is 5.28 Å². The van der Waals surface area contributed by atoms with Crippen LogP contribution in [0.3, 0.4) is 0 Å². The maximum Gasteiger partial charge on any atom is 0.573 e. The predicted octanol–water partition coefficient (Wildman–Crippen LogP) is 4.12. The van der Waals surface area contributed by atoms with Gasteiger partial charge >= 0.3 is 6.36 Å². The van der Waals surface area contributed by atoms with Crippen molar-refractivity contribution in [3.8, 4) is 5.75 Å². The number of halogens is 5. The first-order chi connectivity index (χ1) is 9.74. The molecule has 0 radical (unpaired) electrons. The number of alkyl halides is 3. The van der Waals surface area contributed by atoms with E-state index >= 15 is 0 Å². The van der Waals surface area contributed by atoms with Gasteiger partial charge in [-0.05, 0) is 45.7 Å². The van der Waals surface area contributed by atoms with E-state index in [1.807, 2.05) is 0 Å². The minimum absolute atomic E-state index is 0.0113. The molecular weight excluding hydrogens is 376 g/mol. The van der Waals surface area contributed by atoms with E-state index < -0.39 is 6.36 Å². The minimum atomic E-state index is -4.76. The largest absolute Gasteiger partial charge is 0.573 e. The van der Waals surface area contributed by atoms with Crippen LogP contribution in [0.1, 0.15) is 0 Å². The van der Waals surface area contributed by atoms with Crippen molar-refractivity contribution in [1.29, 1.82) is 0 Å². The van der Waals surface area contributed by atoms with Crippen molar-refractivity contribution in [1.82, 2.24) is 9.97 Å². The number of rotatable bonds is 3. The zero-order chi connectivity index (χ0) is 15.6. The van der Waals surface area contributed by atoms with Crippen molar-refractivity contribution in [3.05, 3.63) is 34.2 Å². The molecule has 3 N–H and O–H groups in total. The third-order valence-corrected chi connectivity index (χ3v) is 3.01. The Hall–Kier alpha value is -1.74. The number of nitrogens with two attached hydrogens (primary N) is 1. The first kappa shape index (κ1) is 15.6. The number of nitrogens with one attached hydrogen (secondary N) is 1. The number of hydrogen-bond acceptors (Lipinski definition) is 5. The molecule has 1 aromatic heterocycles. The van der Waals surface area contributed by atoms with E-state index in [-0.39, 0.29) is 27.0 Å². The second-order valence-corrected chi connectivity index (χ2v) is 4.95. The van der Waals surface area contributed by atoms with Crippen LogP contribution in [0, 0.1) is 0 Å². The summed E-state index contributed by atoms with van der Waals surface area (Å²) in [4.78, 5) is 7.56. The lowest BCUT2D eigenvalue weighted by molar-refractivity contribution is -0.274. The van der Waals surface area contributed by atoms with Crippen LogP contribution in [0.15, 0.2) is 28.9 Å². The van der Waals surface area contributed by atoms with Crippen molar-refractivity contribution in [2.24, 2.45) is 0 Å². The Balaban J connectivity index is 2.22. The molecule has 0 spiro atoms. The lowest BCUT2D eigenvalue weighted by atomic mass is 10.3. The van der Waals surface area contributed by atoms with Gasteiger partial charge in [0.05, 0.1) is 16.4 Å². The van der Waals surface area contributed by atoms with Gasteiger partial charge < -0.3 is 15.8 Å². The Labute approximate surface area is 130 Å². The number of anilines is 3. The molecule has 1 heterocycles. The van der Waals surface area contributed by atoms with Gasteiger partial charge in [-0.2, -0.15) is 4.98 Å². The minimum Gasteiger partial charge on any atom is -0.405 e. The molecule has 0 unspecified atom stereocenters. The number of aromatic nitrogens is 2. The highest BCUT2D eigenvalue weighted by molar-refractivity contribution is 9.10. The molecule has 0 saturated heterocycles. The summed E-state index contributed by atoms with van der Waals surface area (Å²) in [5.74, 6) is -0.117. The van der Waals surface area contributed by atoms with Crippen molar-refractivity contribution >= 4 is 44.7 Å². The normalized spacial score (nSPS) is 11.3. The third kappa shape index (κ3) is 4.36. The number of nitrogens with zero attached hydrogens (tertiary/aromatic N) is 2. The molecule has 0 amide bonds. The van der Waals surface area contributed by atoms with Gasteiger partial charge in [0.1, 0.15) is 5.75 Å². The van der Waals surface area contributed by atoms with E-state index in [4.69, 9.17) is 17.3 Å². The highest BCUT2D eigenvalue weighted by atomic mass is 79.9. The molecule has 2 rings (SSSR count). The molecule has 0 atom stereocenters. The molecule has 5 nitrogen and oxygen atoms in total. The van der Waals surface area contributed by atoms with Gasteiger partial charge in [-0.3, -0.25) is 0 Å². The summed E-state index contributed by atoms with van der Waals surface area (Å²) in [6.45, 7) is 0. The SMILES string of the molecule is Nc1cnc(Cl)nc1Nc1ccc(OC(F)(F)F)c(Br)c1. The Bertz CT molecular complexity index is 668. The van der Waals surface area contributed by atoms with Crippen LogP contribution in [0.25, 0.3) is 0 Å². The summed E-state index contributed by atoms with van der Waals surface area (Å²) in [6.07, 6.45) is -3.45. The standard InChI is InChI=1S/C11H7BrClF3N4O/c12-6-3-5(1-2-8(6)21-11(14,15)16)19-9-7(17)4-18-10(13)20-9/h1-4H,17H2,(H,18,19,20). The summed E-state index contributed by atoms with van der Waals surface area (Å²) < 4.78 is 40.4. The zero-order valence-electron chi connectivity index (χ0n) is 10.1. The van der Waals surface area contributed by atoms with E-state index in [2.05, 4.69) is 36.0 Å². The summed E-state index contributed by atoms with van der Waals surface area (Å²) in [5.41, 5.74) is 6.34. The lowest BCUT2D eigenvalue weighted by Gasteiger charge is -2.12. The van der Waals surface area contributed by atoms with Crippen LogP contribution in [0.4, 0.5) is 30.4 Å². The Morgan fingerprint density at radius 3 is 2.67 bits per heavy atom. The van der Waals surface area contributed by atoms with Gasteiger partial charge in [0.2, 0.25) is 5.28 Å². The van der Waals surface area contributed by atoms with Gasteiger partial charge in [-0.1, -0.05) is 0 Å². The molecule has 21 heavy (non-hydrogen) atoms. The summed E-state index contributed by atoms with van der Waals surface area (Å²) in [5, 5.41) is 2.81. The van der Waals surface area contributed by atoms with E-state index in [0.29, 0.717) is 5.69 Å². The molecule has 0 aliphatic heterocycles. The quantitative estimate of drug-likeness (QED) is 0.780. The maximum absolute atomic E-state index is 12.2. The lowest BCUT2D eigenvalue weighted by Crippen LogP contribution is -2.17. The summed E-state index contributed by atoms with van der Waals surface area (Å²) >= 11 is 8.63. The monoisotopic (exact) mass is 382 g/mol. The first-order valence-corrected chi connectivity index (χ1v) is 6.52. The van der Waals surface area contributed by atoms with Crippen molar-refractivity contribution in [3.63, 3.8) is 0 Å². The number of ether oxygens (including phenoxy) is 1. The highest BCUT2D eigenvalue weighted by Crippen LogP contribution is 2.33. The van der Waals surface area contributed by atoms with Crippen molar-refractivity contribution in [2.75, 3.05) is 11.1 Å². The number of benzene rings is 1. The fourth-order valence-corrected chi connectivity index (χ4v) is 1.99. The molecule has 0 aliphatic carbocycles. The van der Waals surface area contributed by atoms with E-state index in [1.165, 1.54) is 18.3 Å². The molecule has 0 saturated carbocycles. The van der Waals surface area contributed by atoms with Crippen molar-refractivity contribution < 1.29 is 17.9 Å². The number of hydrogen-bond donors (Lipinski definition) is 2. The fraction of sp³-hybridized carbons (Fsp3) is 0.0909. The average molecular weight is 384 g/mol. The van der Waals surface area contributed by atoms with Gasteiger partial charge in [-0.25, -0.2) is 4.98 Å². The van der Waals surface area contributed by atoms with Crippen LogP contribution in [-0.2, 0) is 0 Å².